The third kappa shape index (κ3) is 3.28. The highest BCUT2D eigenvalue weighted by Crippen LogP contribution is 2.06. The average molecular weight is 273 g/mol. The number of aromatic nitrogens is 3. The first-order valence-electron chi connectivity index (χ1n) is 5.56. The molecule has 1 aliphatic heterocycles. The zero-order chi connectivity index (χ0) is 10.5. The molecule has 1 aromatic heterocycles. The van der Waals surface area contributed by atoms with E-state index in [1.807, 2.05) is 4.68 Å². The van der Waals surface area contributed by atoms with Gasteiger partial charge in [0, 0.05) is 24.5 Å². The number of hydrogen-bond acceptors (Lipinski definition) is 3. The van der Waals surface area contributed by atoms with Gasteiger partial charge in [-0.05, 0) is 25.9 Å². The third-order valence-electron chi connectivity index (χ3n) is 2.78. The fourth-order valence-electron chi connectivity index (χ4n) is 1.91. The van der Waals surface area contributed by atoms with Crippen LogP contribution in [-0.2, 0) is 13.0 Å². The van der Waals surface area contributed by atoms with Gasteiger partial charge in [-0.1, -0.05) is 21.1 Å². The first-order chi connectivity index (χ1) is 7.38. The molecule has 84 valence electrons. The van der Waals surface area contributed by atoms with Gasteiger partial charge in [-0.15, -0.1) is 5.10 Å². The van der Waals surface area contributed by atoms with E-state index in [0.29, 0.717) is 0 Å². The lowest BCUT2D eigenvalue weighted by Crippen LogP contribution is -2.24. The molecule has 0 aromatic carbocycles. The Hall–Kier alpha value is -0.420. The van der Waals surface area contributed by atoms with Gasteiger partial charge < -0.3 is 4.90 Å². The van der Waals surface area contributed by atoms with E-state index in [-0.39, 0.29) is 0 Å². The van der Waals surface area contributed by atoms with Crippen LogP contribution in [0.5, 0.6) is 0 Å². The smallest absolute Gasteiger partial charge is 0.0835 e. The summed E-state index contributed by atoms with van der Waals surface area (Å²) in [6.07, 6.45) is 5.72. The largest absolute Gasteiger partial charge is 0.301 e. The van der Waals surface area contributed by atoms with Gasteiger partial charge in [0.15, 0.2) is 0 Å². The van der Waals surface area contributed by atoms with Crippen LogP contribution < -0.4 is 0 Å². The van der Waals surface area contributed by atoms with Crippen LogP contribution in [0.25, 0.3) is 0 Å². The molecule has 4 nitrogen and oxygen atoms in total. The minimum absolute atomic E-state index is 0.956. The van der Waals surface area contributed by atoms with Crippen molar-refractivity contribution >= 4 is 15.9 Å². The summed E-state index contributed by atoms with van der Waals surface area (Å²) in [5.74, 6) is 0. The van der Waals surface area contributed by atoms with E-state index in [1.54, 1.807) is 0 Å². The lowest BCUT2D eigenvalue weighted by Gasteiger charge is -2.13. The van der Waals surface area contributed by atoms with Gasteiger partial charge >= 0.3 is 0 Å². The molecule has 0 radical (unpaired) electrons. The second-order valence-corrected chi connectivity index (χ2v) is 4.75. The maximum atomic E-state index is 4.12. The first-order valence-corrected chi connectivity index (χ1v) is 6.68. The lowest BCUT2D eigenvalue weighted by atomic mass is 10.4. The highest BCUT2D eigenvalue weighted by Gasteiger charge is 2.11. The van der Waals surface area contributed by atoms with E-state index in [9.17, 15) is 0 Å². The van der Waals surface area contributed by atoms with Crippen LogP contribution in [0.3, 0.4) is 0 Å². The van der Waals surface area contributed by atoms with Crippen molar-refractivity contribution in [3.05, 3.63) is 11.9 Å². The van der Waals surface area contributed by atoms with E-state index >= 15 is 0 Å². The van der Waals surface area contributed by atoms with Crippen molar-refractivity contribution in [2.45, 2.75) is 25.8 Å². The highest BCUT2D eigenvalue weighted by molar-refractivity contribution is 9.09. The predicted octanol–water partition coefficient (Wildman–Crippen LogP) is 1.31. The lowest BCUT2D eigenvalue weighted by molar-refractivity contribution is 0.314. The van der Waals surface area contributed by atoms with Crippen LogP contribution >= 0.6 is 15.9 Å². The average Bonchev–Trinajstić information content (AvgIpc) is 2.85. The topological polar surface area (TPSA) is 34.0 Å². The summed E-state index contributed by atoms with van der Waals surface area (Å²) in [6.45, 7) is 4.58. The fourth-order valence-corrected chi connectivity index (χ4v) is 2.32. The summed E-state index contributed by atoms with van der Waals surface area (Å²) >= 11 is 3.40. The van der Waals surface area contributed by atoms with Crippen LogP contribution in [0.2, 0.25) is 0 Å². The van der Waals surface area contributed by atoms with Crippen molar-refractivity contribution in [3.8, 4) is 0 Å². The van der Waals surface area contributed by atoms with Crippen LogP contribution in [0.15, 0.2) is 6.20 Å². The summed E-state index contributed by atoms with van der Waals surface area (Å²) in [5, 5.41) is 9.19. The van der Waals surface area contributed by atoms with Crippen molar-refractivity contribution in [2.24, 2.45) is 0 Å². The molecule has 1 aliphatic rings. The molecule has 0 aliphatic carbocycles. The zero-order valence-electron chi connectivity index (χ0n) is 8.90. The Bertz CT molecular complexity index is 293. The molecule has 1 aromatic rings. The van der Waals surface area contributed by atoms with Crippen molar-refractivity contribution in [1.29, 1.82) is 0 Å². The Morgan fingerprint density at radius 3 is 2.80 bits per heavy atom. The summed E-state index contributed by atoms with van der Waals surface area (Å²) in [7, 11) is 0. The molecule has 2 heterocycles. The summed E-state index contributed by atoms with van der Waals surface area (Å²) in [4.78, 5) is 2.49. The number of halogens is 1. The SMILES string of the molecule is BrCCc1cn(CCN2CCCC2)nn1. The zero-order valence-corrected chi connectivity index (χ0v) is 10.5. The molecule has 5 heteroatoms. The van der Waals surface area contributed by atoms with E-state index < -0.39 is 0 Å². The van der Waals surface area contributed by atoms with E-state index in [4.69, 9.17) is 0 Å². The number of aryl methyl sites for hydroxylation is 1. The van der Waals surface area contributed by atoms with Crippen molar-refractivity contribution < 1.29 is 0 Å². The van der Waals surface area contributed by atoms with E-state index in [2.05, 4.69) is 37.3 Å². The van der Waals surface area contributed by atoms with Crippen molar-refractivity contribution in [3.63, 3.8) is 0 Å². The second-order valence-electron chi connectivity index (χ2n) is 3.96. The van der Waals surface area contributed by atoms with Gasteiger partial charge in [-0.3, -0.25) is 4.68 Å². The Morgan fingerprint density at radius 2 is 2.07 bits per heavy atom. The van der Waals surface area contributed by atoms with Gasteiger partial charge in [0.2, 0.25) is 0 Å². The molecule has 0 unspecified atom stereocenters. The molecule has 1 fully saturated rings. The van der Waals surface area contributed by atoms with Crippen LogP contribution in [0.1, 0.15) is 18.5 Å². The van der Waals surface area contributed by atoms with Gasteiger partial charge in [0.25, 0.3) is 0 Å². The summed E-state index contributed by atoms with van der Waals surface area (Å²) in [6, 6.07) is 0. The number of rotatable bonds is 5. The van der Waals surface area contributed by atoms with Gasteiger partial charge in [-0.2, -0.15) is 0 Å². The minimum Gasteiger partial charge on any atom is -0.301 e. The predicted molar refractivity (Wildman–Crippen MR) is 63.2 cm³/mol. The molecular weight excluding hydrogens is 256 g/mol. The number of nitrogens with zero attached hydrogens (tertiary/aromatic N) is 4. The number of likely N-dealkylation sites (tertiary alicyclic amines) is 1. The standard InChI is InChI=1S/C10H17BrN4/c11-4-3-10-9-15(13-12-10)8-7-14-5-1-2-6-14/h9H,1-8H2. The maximum absolute atomic E-state index is 4.12. The molecular formula is C10H17BrN4. The van der Waals surface area contributed by atoms with Crippen LogP contribution in [0.4, 0.5) is 0 Å². The second kappa shape index (κ2) is 5.61. The molecule has 0 amide bonds. The molecule has 0 bridgehead atoms. The molecule has 0 spiro atoms. The van der Waals surface area contributed by atoms with Gasteiger partial charge in [0.1, 0.15) is 0 Å². The number of hydrogen-bond donors (Lipinski definition) is 0. The van der Waals surface area contributed by atoms with Crippen molar-refractivity contribution in [2.75, 3.05) is 25.0 Å². The van der Waals surface area contributed by atoms with Crippen LogP contribution in [-0.4, -0.2) is 44.9 Å². The molecule has 15 heavy (non-hydrogen) atoms. The monoisotopic (exact) mass is 272 g/mol. The van der Waals surface area contributed by atoms with Gasteiger partial charge in [0.05, 0.1) is 12.2 Å². The summed E-state index contributed by atoms with van der Waals surface area (Å²) in [5.41, 5.74) is 1.08. The number of alkyl halides is 1. The Balaban J connectivity index is 1.77. The highest BCUT2D eigenvalue weighted by atomic mass is 79.9. The first kappa shape index (κ1) is 11.1. The Kier molecular flexibility index (Phi) is 4.14. The molecule has 0 N–H and O–H groups in total. The normalized spacial score (nSPS) is 17.4. The molecule has 0 atom stereocenters. The summed E-state index contributed by atoms with van der Waals surface area (Å²) < 4.78 is 1.95. The van der Waals surface area contributed by atoms with Crippen LogP contribution in [0, 0.1) is 0 Å². The Labute approximate surface area is 98.8 Å². The Morgan fingerprint density at radius 1 is 1.27 bits per heavy atom. The quantitative estimate of drug-likeness (QED) is 0.759. The fraction of sp³-hybridized carbons (Fsp3) is 0.800. The molecule has 2 rings (SSSR count). The maximum Gasteiger partial charge on any atom is 0.0835 e. The van der Waals surface area contributed by atoms with Crippen molar-refractivity contribution in [1.82, 2.24) is 19.9 Å². The van der Waals surface area contributed by atoms with Gasteiger partial charge in [-0.25, -0.2) is 0 Å². The molecule has 0 saturated carbocycles. The van der Waals surface area contributed by atoms with E-state index in [1.165, 1.54) is 25.9 Å². The van der Waals surface area contributed by atoms with E-state index in [0.717, 1.165) is 30.5 Å². The molecule has 1 saturated heterocycles. The minimum atomic E-state index is 0.956. The third-order valence-corrected chi connectivity index (χ3v) is 3.18.